The number of benzene rings is 2. The molecule has 1 aliphatic rings. The molecular weight excluding hydrogens is 425 g/mol. The highest BCUT2D eigenvalue weighted by molar-refractivity contribution is 9.10. The Morgan fingerprint density at radius 1 is 1.11 bits per heavy atom. The van der Waals surface area contributed by atoms with Gasteiger partial charge < -0.3 is 14.2 Å². The Kier molecular flexibility index (Phi) is 5.93. The van der Waals surface area contributed by atoms with Crippen LogP contribution in [0.3, 0.4) is 0 Å². The predicted octanol–water partition coefficient (Wildman–Crippen LogP) is 6.00. The summed E-state index contributed by atoms with van der Waals surface area (Å²) in [7, 11) is 1.41. The normalized spacial score (nSPS) is 15.6. The highest BCUT2D eigenvalue weighted by Gasteiger charge is 2.35. The van der Waals surface area contributed by atoms with Crippen molar-refractivity contribution in [2.45, 2.75) is 19.4 Å². The molecule has 3 nitrogen and oxygen atoms in total. The fraction of sp³-hybridized carbons (Fsp3) is 0.300. The van der Waals surface area contributed by atoms with Gasteiger partial charge in [0.25, 0.3) is 0 Å². The molecule has 0 spiro atoms. The minimum atomic E-state index is -4.52. The van der Waals surface area contributed by atoms with Crippen LogP contribution in [0.4, 0.5) is 13.2 Å². The Balaban J connectivity index is 2.08. The lowest BCUT2D eigenvalue weighted by atomic mass is 9.99. The van der Waals surface area contributed by atoms with E-state index in [1.54, 1.807) is 6.08 Å². The fourth-order valence-corrected chi connectivity index (χ4v) is 3.26. The van der Waals surface area contributed by atoms with Crippen LogP contribution in [0.15, 0.2) is 34.8 Å². The number of rotatable bonds is 4. The molecule has 27 heavy (non-hydrogen) atoms. The summed E-state index contributed by atoms with van der Waals surface area (Å²) in [5.41, 5.74) is 1.25. The molecule has 0 unspecified atom stereocenters. The molecule has 0 atom stereocenters. The van der Waals surface area contributed by atoms with Crippen LogP contribution in [-0.2, 0) is 15.7 Å². The van der Waals surface area contributed by atoms with E-state index in [1.165, 1.54) is 19.3 Å². The molecule has 7 heteroatoms. The molecule has 2 aromatic rings. The molecule has 0 aromatic heterocycles. The first kappa shape index (κ1) is 19.9. The van der Waals surface area contributed by atoms with E-state index in [4.69, 9.17) is 14.2 Å². The number of halogens is 4. The van der Waals surface area contributed by atoms with E-state index in [-0.39, 0.29) is 11.1 Å². The number of alkyl halides is 3. The van der Waals surface area contributed by atoms with Gasteiger partial charge in [0.2, 0.25) is 0 Å². The van der Waals surface area contributed by atoms with Gasteiger partial charge >= 0.3 is 6.18 Å². The van der Waals surface area contributed by atoms with Gasteiger partial charge in [-0.1, -0.05) is 40.2 Å². The maximum atomic E-state index is 13.7. The Bertz CT molecular complexity index is 856. The van der Waals surface area contributed by atoms with Crippen molar-refractivity contribution in [3.05, 3.63) is 62.6 Å². The predicted molar refractivity (Wildman–Crippen MR) is 100 cm³/mol. The molecule has 0 saturated carbocycles. The van der Waals surface area contributed by atoms with Gasteiger partial charge in [-0.2, -0.15) is 13.2 Å². The average molecular weight is 443 g/mol. The van der Waals surface area contributed by atoms with Gasteiger partial charge in [-0.15, -0.1) is 0 Å². The third kappa shape index (κ3) is 4.36. The molecule has 0 aliphatic carbocycles. The Morgan fingerprint density at radius 3 is 2.41 bits per heavy atom. The molecule has 0 amide bonds. The second kappa shape index (κ2) is 8.04. The summed E-state index contributed by atoms with van der Waals surface area (Å²) < 4.78 is 57.9. The van der Waals surface area contributed by atoms with Crippen LogP contribution >= 0.6 is 15.9 Å². The monoisotopic (exact) mass is 442 g/mol. The van der Waals surface area contributed by atoms with Gasteiger partial charge in [-0.25, -0.2) is 0 Å². The van der Waals surface area contributed by atoms with Gasteiger partial charge in [0.15, 0.2) is 6.29 Å². The molecule has 1 fully saturated rings. The van der Waals surface area contributed by atoms with Crippen molar-refractivity contribution in [2.75, 3.05) is 20.3 Å². The second-order valence-corrected chi connectivity index (χ2v) is 6.89. The third-order valence-electron chi connectivity index (χ3n) is 4.34. The largest absolute Gasteiger partial charge is 0.496 e. The molecule has 144 valence electrons. The van der Waals surface area contributed by atoms with Crippen LogP contribution in [-0.4, -0.2) is 20.3 Å². The van der Waals surface area contributed by atoms with Gasteiger partial charge in [0.05, 0.1) is 31.5 Å². The third-order valence-corrected chi connectivity index (χ3v) is 5.19. The summed E-state index contributed by atoms with van der Waals surface area (Å²) in [4.78, 5) is 0. The van der Waals surface area contributed by atoms with E-state index in [0.29, 0.717) is 19.0 Å². The maximum absolute atomic E-state index is 13.7. The van der Waals surface area contributed by atoms with Crippen LogP contribution in [0.25, 0.3) is 12.2 Å². The zero-order valence-electron chi connectivity index (χ0n) is 14.8. The molecule has 0 radical (unpaired) electrons. The van der Waals surface area contributed by atoms with Crippen molar-refractivity contribution in [3.8, 4) is 5.75 Å². The lowest BCUT2D eigenvalue weighted by Gasteiger charge is -2.19. The Labute approximate surface area is 163 Å². The summed E-state index contributed by atoms with van der Waals surface area (Å²) in [6.45, 7) is 2.56. The molecular formula is C20H18BrF3O3. The van der Waals surface area contributed by atoms with Crippen molar-refractivity contribution in [1.29, 1.82) is 0 Å². The van der Waals surface area contributed by atoms with Gasteiger partial charge in [0, 0.05) is 4.47 Å². The van der Waals surface area contributed by atoms with Crippen molar-refractivity contribution < 1.29 is 27.4 Å². The highest BCUT2D eigenvalue weighted by Crippen LogP contribution is 2.40. The van der Waals surface area contributed by atoms with Crippen molar-refractivity contribution >= 4 is 28.1 Å². The summed E-state index contributed by atoms with van der Waals surface area (Å²) in [6, 6.07) is 7.97. The van der Waals surface area contributed by atoms with Crippen molar-refractivity contribution in [1.82, 2.24) is 0 Å². The van der Waals surface area contributed by atoms with E-state index in [9.17, 15) is 13.2 Å². The van der Waals surface area contributed by atoms with Crippen LogP contribution in [0, 0.1) is 6.92 Å². The minimum absolute atomic E-state index is 0.0143. The van der Waals surface area contributed by atoms with Gasteiger partial charge in [-0.3, -0.25) is 0 Å². The van der Waals surface area contributed by atoms with Gasteiger partial charge in [0.1, 0.15) is 5.75 Å². The highest BCUT2D eigenvalue weighted by atomic mass is 79.9. The maximum Gasteiger partial charge on any atom is 0.417 e. The van der Waals surface area contributed by atoms with Crippen LogP contribution < -0.4 is 4.74 Å². The Morgan fingerprint density at radius 2 is 1.78 bits per heavy atom. The van der Waals surface area contributed by atoms with Crippen LogP contribution in [0.1, 0.15) is 34.1 Å². The lowest BCUT2D eigenvalue weighted by molar-refractivity contribution is -0.138. The summed E-state index contributed by atoms with van der Waals surface area (Å²) >= 11 is 3.43. The Hall–Kier alpha value is -1.83. The molecule has 0 bridgehead atoms. The molecule has 1 saturated heterocycles. The standard InChI is InChI=1S/C20H18BrF3O3/c1-12-13(4-3-5-17(12)21)6-7-14-10-18(25-2)15(19-26-8-9-27-19)11-16(14)20(22,23)24/h3-7,10-11,19H,8-9H2,1-2H3/b7-6+. The molecule has 0 N–H and O–H groups in total. The number of hydrogen-bond donors (Lipinski definition) is 0. The minimum Gasteiger partial charge on any atom is -0.496 e. The zero-order valence-corrected chi connectivity index (χ0v) is 16.4. The van der Waals surface area contributed by atoms with E-state index in [2.05, 4.69) is 15.9 Å². The van der Waals surface area contributed by atoms with Crippen LogP contribution in [0.5, 0.6) is 5.75 Å². The lowest BCUT2D eigenvalue weighted by Crippen LogP contribution is -2.11. The summed E-state index contributed by atoms with van der Waals surface area (Å²) in [5, 5.41) is 0. The van der Waals surface area contributed by atoms with E-state index in [0.717, 1.165) is 21.7 Å². The van der Waals surface area contributed by atoms with E-state index >= 15 is 0 Å². The quantitative estimate of drug-likeness (QED) is 0.543. The number of ether oxygens (including phenoxy) is 3. The molecule has 1 heterocycles. The molecule has 2 aromatic carbocycles. The molecule has 1 aliphatic heterocycles. The van der Waals surface area contributed by atoms with E-state index in [1.807, 2.05) is 25.1 Å². The van der Waals surface area contributed by atoms with Crippen molar-refractivity contribution in [3.63, 3.8) is 0 Å². The SMILES string of the molecule is COc1cc(/C=C/c2cccc(Br)c2C)c(C(F)(F)F)cc1C1OCCO1. The van der Waals surface area contributed by atoms with Crippen LogP contribution in [0.2, 0.25) is 0 Å². The first-order valence-electron chi connectivity index (χ1n) is 8.27. The molecule has 3 rings (SSSR count). The number of methoxy groups -OCH3 is 1. The first-order valence-corrected chi connectivity index (χ1v) is 9.06. The summed E-state index contributed by atoms with van der Waals surface area (Å²) in [6.07, 6.45) is -2.27. The smallest absolute Gasteiger partial charge is 0.417 e. The first-order chi connectivity index (χ1) is 12.8. The second-order valence-electron chi connectivity index (χ2n) is 6.04. The number of hydrogen-bond acceptors (Lipinski definition) is 3. The zero-order chi connectivity index (χ0) is 19.6. The van der Waals surface area contributed by atoms with Gasteiger partial charge in [-0.05, 0) is 41.8 Å². The van der Waals surface area contributed by atoms with E-state index < -0.39 is 18.0 Å². The fourth-order valence-electron chi connectivity index (χ4n) is 2.88. The average Bonchev–Trinajstić information content (AvgIpc) is 3.16. The topological polar surface area (TPSA) is 27.7 Å². The van der Waals surface area contributed by atoms with Crippen molar-refractivity contribution in [2.24, 2.45) is 0 Å². The summed E-state index contributed by atoms with van der Waals surface area (Å²) in [5.74, 6) is 0.292.